The molecule has 0 aliphatic carbocycles. The van der Waals surface area contributed by atoms with E-state index in [9.17, 15) is 19.2 Å². The third kappa shape index (κ3) is 15.4. The zero-order valence-corrected chi connectivity index (χ0v) is 21.5. The summed E-state index contributed by atoms with van der Waals surface area (Å²) in [6.45, 7) is 19.4. The highest BCUT2D eigenvalue weighted by molar-refractivity contribution is 6.14. The molecular weight excluding hydrogens is 416 g/mol. The molecule has 0 aromatic heterocycles. The molecule has 8 nitrogen and oxygen atoms in total. The monoisotopic (exact) mass is 458 g/mol. The van der Waals surface area contributed by atoms with E-state index in [1.54, 1.807) is 33.8 Å². The van der Waals surface area contributed by atoms with Crippen molar-refractivity contribution in [3.63, 3.8) is 0 Å². The molecule has 0 radical (unpaired) electrons. The summed E-state index contributed by atoms with van der Waals surface area (Å²) in [4.78, 5) is 46.3. The molecule has 0 aliphatic rings. The van der Waals surface area contributed by atoms with E-state index in [0.717, 1.165) is 0 Å². The first-order chi connectivity index (χ1) is 14.6. The van der Waals surface area contributed by atoms with Crippen LogP contribution in [0.25, 0.3) is 0 Å². The number of ether oxygens (including phenoxy) is 4. The van der Waals surface area contributed by atoms with Gasteiger partial charge in [-0.25, -0.2) is 9.59 Å². The van der Waals surface area contributed by atoms with Crippen molar-refractivity contribution in [1.82, 2.24) is 0 Å². The predicted octanol–water partition coefficient (Wildman–Crippen LogP) is 4.25. The molecule has 0 saturated heterocycles. The quantitative estimate of drug-likeness (QED) is 0.166. The van der Waals surface area contributed by atoms with Gasteiger partial charge in [-0.15, -0.1) is 0 Å². The lowest BCUT2D eigenvalue weighted by Gasteiger charge is -2.23. The summed E-state index contributed by atoms with van der Waals surface area (Å²) in [6, 6.07) is 0. The lowest BCUT2D eigenvalue weighted by Crippen LogP contribution is -2.31. The fraction of sp³-hybridized carbons (Fsp3) is 0.750. The highest BCUT2D eigenvalue weighted by Crippen LogP contribution is 2.26. The van der Waals surface area contributed by atoms with Crippen LogP contribution < -0.4 is 0 Å². The molecule has 0 aromatic rings. The highest BCUT2D eigenvalue weighted by atomic mass is 16.6. The maximum atomic E-state index is 11.6. The molecule has 0 amide bonds. The van der Waals surface area contributed by atoms with Gasteiger partial charge in [-0.05, 0) is 44.9 Å². The molecule has 0 fully saturated rings. The summed E-state index contributed by atoms with van der Waals surface area (Å²) in [5.74, 6) is -3.04. The summed E-state index contributed by atoms with van der Waals surface area (Å²) >= 11 is 0. The van der Waals surface area contributed by atoms with Crippen molar-refractivity contribution >= 4 is 23.9 Å². The molecule has 0 aliphatic heterocycles. The van der Waals surface area contributed by atoms with Gasteiger partial charge < -0.3 is 18.9 Å². The first-order valence-corrected chi connectivity index (χ1v) is 11.0. The van der Waals surface area contributed by atoms with Crippen LogP contribution in [0.2, 0.25) is 0 Å². The standard InChI is InChI=1S/C12H22O4.C12H20O4/c2*1-6-15-10(13)9(8-12(3,4)5)11(14)16-7-2/h9H,6-8H2,1-5H3;8H,6-7H2,1-5H3. The first kappa shape index (κ1) is 31.8. The molecule has 0 saturated carbocycles. The van der Waals surface area contributed by atoms with Crippen molar-refractivity contribution < 1.29 is 38.1 Å². The molecule has 0 bridgehead atoms. The van der Waals surface area contributed by atoms with Crippen LogP contribution in [0.4, 0.5) is 0 Å². The zero-order valence-electron chi connectivity index (χ0n) is 21.5. The topological polar surface area (TPSA) is 105 Å². The Labute approximate surface area is 193 Å². The average molecular weight is 459 g/mol. The number of esters is 4. The Morgan fingerprint density at radius 2 is 1.00 bits per heavy atom. The normalized spacial score (nSPS) is 11.0. The van der Waals surface area contributed by atoms with E-state index in [2.05, 4.69) is 0 Å². The maximum absolute atomic E-state index is 11.6. The minimum Gasteiger partial charge on any atom is -0.465 e. The van der Waals surface area contributed by atoms with Crippen LogP contribution in [0.3, 0.4) is 0 Å². The van der Waals surface area contributed by atoms with Crippen molar-refractivity contribution in [2.45, 2.75) is 75.7 Å². The Bertz CT molecular complexity index is 597. The predicted molar refractivity (Wildman–Crippen MR) is 122 cm³/mol. The van der Waals surface area contributed by atoms with Crippen LogP contribution in [0.15, 0.2) is 11.6 Å². The number of carbonyl (C=O) groups is 4. The zero-order chi connectivity index (χ0) is 25.5. The summed E-state index contributed by atoms with van der Waals surface area (Å²) < 4.78 is 19.4. The second kappa shape index (κ2) is 15.4. The molecule has 0 aromatic carbocycles. The summed E-state index contributed by atoms with van der Waals surface area (Å²) in [6.07, 6.45) is 2.01. The minimum absolute atomic E-state index is 0.0313. The average Bonchev–Trinajstić information content (AvgIpc) is 2.64. The Kier molecular flexibility index (Phi) is 15.3. The van der Waals surface area contributed by atoms with Gasteiger partial charge in [0.1, 0.15) is 5.57 Å². The molecule has 0 unspecified atom stereocenters. The van der Waals surface area contributed by atoms with Gasteiger partial charge in [0, 0.05) is 0 Å². The Morgan fingerprint density at radius 1 is 0.656 bits per heavy atom. The molecule has 0 N–H and O–H groups in total. The third-order valence-corrected chi connectivity index (χ3v) is 3.53. The van der Waals surface area contributed by atoms with Gasteiger partial charge in [-0.2, -0.15) is 0 Å². The van der Waals surface area contributed by atoms with Crippen LogP contribution in [0, 0.1) is 16.7 Å². The van der Waals surface area contributed by atoms with Gasteiger partial charge in [0.15, 0.2) is 5.92 Å². The van der Waals surface area contributed by atoms with Gasteiger partial charge in [0.25, 0.3) is 0 Å². The van der Waals surface area contributed by atoms with E-state index < -0.39 is 29.8 Å². The van der Waals surface area contributed by atoms with E-state index in [0.29, 0.717) is 6.42 Å². The molecule has 0 heterocycles. The Morgan fingerprint density at radius 3 is 1.25 bits per heavy atom. The van der Waals surface area contributed by atoms with Crippen molar-refractivity contribution in [3.05, 3.63) is 11.6 Å². The second-order valence-corrected chi connectivity index (χ2v) is 9.19. The van der Waals surface area contributed by atoms with Crippen molar-refractivity contribution in [2.24, 2.45) is 16.7 Å². The van der Waals surface area contributed by atoms with Crippen LogP contribution in [0.1, 0.15) is 75.7 Å². The molecule has 0 rings (SSSR count). The third-order valence-electron chi connectivity index (χ3n) is 3.53. The minimum atomic E-state index is -0.806. The largest absolute Gasteiger partial charge is 0.465 e. The fourth-order valence-electron chi connectivity index (χ4n) is 2.41. The van der Waals surface area contributed by atoms with E-state index in [1.807, 2.05) is 41.5 Å². The highest BCUT2D eigenvalue weighted by Gasteiger charge is 2.33. The summed E-state index contributed by atoms with van der Waals surface area (Å²) in [5, 5.41) is 0. The molecule has 32 heavy (non-hydrogen) atoms. The Hall–Kier alpha value is -2.38. The van der Waals surface area contributed by atoms with Crippen LogP contribution in [-0.4, -0.2) is 50.3 Å². The van der Waals surface area contributed by atoms with E-state index in [1.165, 1.54) is 0 Å². The van der Waals surface area contributed by atoms with Crippen molar-refractivity contribution in [2.75, 3.05) is 26.4 Å². The molecule has 0 spiro atoms. The SMILES string of the molecule is CCOC(=O)C(=CC(C)(C)C)C(=O)OCC.CCOC(=O)C(CC(C)(C)C)C(=O)OCC. The van der Waals surface area contributed by atoms with Crippen molar-refractivity contribution in [1.29, 1.82) is 0 Å². The molecule has 186 valence electrons. The van der Waals surface area contributed by atoms with Gasteiger partial charge in [0.05, 0.1) is 26.4 Å². The van der Waals surface area contributed by atoms with E-state index in [4.69, 9.17) is 18.9 Å². The fourth-order valence-corrected chi connectivity index (χ4v) is 2.41. The number of rotatable bonds is 9. The molecular formula is C24H42O8. The van der Waals surface area contributed by atoms with Gasteiger partial charge in [0.2, 0.25) is 0 Å². The Balaban J connectivity index is 0. The van der Waals surface area contributed by atoms with Crippen LogP contribution in [0.5, 0.6) is 0 Å². The number of carbonyl (C=O) groups excluding carboxylic acids is 4. The smallest absolute Gasteiger partial charge is 0.345 e. The molecule has 0 atom stereocenters. The lowest BCUT2D eigenvalue weighted by atomic mass is 9.84. The number of hydrogen-bond donors (Lipinski definition) is 0. The van der Waals surface area contributed by atoms with Crippen molar-refractivity contribution in [3.8, 4) is 0 Å². The van der Waals surface area contributed by atoms with Crippen LogP contribution in [-0.2, 0) is 38.1 Å². The maximum Gasteiger partial charge on any atom is 0.345 e. The number of hydrogen-bond acceptors (Lipinski definition) is 8. The summed E-state index contributed by atoms with van der Waals surface area (Å²) in [7, 11) is 0. The molecule has 8 heteroatoms. The second-order valence-electron chi connectivity index (χ2n) is 9.19. The van der Waals surface area contributed by atoms with E-state index >= 15 is 0 Å². The van der Waals surface area contributed by atoms with Gasteiger partial charge >= 0.3 is 23.9 Å². The van der Waals surface area contributed by atoms with Gasteiger partial charge in [-0.3, -0.25) is 9.59 Å². The van der Waals surface area contributed by atoms with E-state index in [-0.39, 0.29) is 42.8 Å². The summed E-state index contributed by atoms with van der Waals surface area (Å²) in [5.41, 5.74) is -0.435. The first-order valence-electron chi connectivity index (χ1n) is 11.0. The lowest BCUT2D eigenvalue weighted by molar-refractivity contribution is -0.163. The van der Waals surface area contributed by atoms with Gasteiger partial charge in [-0.1, -0.05) is 47.6 Å². The van der Waals surface area contributed by atoms with Crippen LogP contribution >= 0.6 is 0 Å². The number of allylic oxidation sites excluding steroid dienone is 1.